The number of rotatable bonds is 6. The molecule has 0 aliphatic carbocycles. The Labute approximate surface area is 149 Å². The van der Waals surface area contributed by atoms with Gasteiger partial charge in [-0.1, -0.05) is 54.1 Å². The third-order valence-electron chi connectivity index (χ3n) is 4.58. The third kappa shape index (κ3) is 4.19. The monoisotopic (exact) mass is 336 g/mol. The van der Waals surface area contributed by atoms with Crippen molar-refractivity contribution < 1.29 is 9.84 Å². The van der Waals surface area contributed by atoms with Crippen LogP contribution in [0.5, 0.6) is 5.75 Å². The molecule has 0 saturated carbocycles. The summed E-state index contributed by atoms with van der Waals surface area (Å²) in [6.45, 7) is 2.95. The standard InChI is InChI=1S/C22H26NO2/c1-17-11-13-19(14-12-17)23(2,3)15-20(24)16-25-22-10-6-8-18-7-4-5-9-21(18)22/h4-14,20,24H,15-16H2,1-3H3/q+1. The van der Waals surface area contributed by atoms with E-state index in [0.29, 0.717) is 11.0 Å². The number of hydrogen-bond donors (Lipinski definition) is 1. The van der Waals surface area contributed by atoms with Crippen molar-refractivity contribution in [2.45, 2.75) is 13.0 Å². The summed E-state index contributed by atoms with van der Waals surface area (Å²) < 4.78 is 6.53. The molecule has 1 N–H and O–H groups in total. The molecule has 1 atom stereocenters. The van der Waals surface area contributed by atoms with Crippen molar-refractivity contribution in [1.29, 1.82) is 0 Å². The van der Waals surface area contributed by atoms with Gasteiger partial charge in [0.05, 0.1) is 14.1 Å². The van der Waals surface area contributed by atoms with Crippen molar-refractivity contribution in [2.24, 2.45) is 0 Å². The van der Waals surface area contributed by atoms with E-state index in [2.05, 4.69) is 57.4 Å². The lowest BCUT2D eigenvalue weighted by atomic mass is 10.1. The number of aryl methyl sites for hydroxylation is 1. The van der Waals surface area contributed by atoms with E-state index in [0.717, 1.165) is 16.5 Å². The topological polar surface area (TPSA) is 29.5 Å². The highest BCUT2D eigenvalue weighted by Crippen LogP contribution is 2.25. The first-order chi connectivity index (χ1) is 12.0. The van der Waals surface area contributed by atoms with Gasteiger partial charge in [-0.25, -0.2) is 0 Å². The number of aliphatic hydroxyl groups is 1. The summed E-state index contributed by atoms with van der Waals surface area (Å²) in [7, 11) is 4.21. The molecule has 3 aromatic carbocycles. The first-order valence-electron chi connectivity index (χ1n) is 8.64. The summed E-state index contributed by atoms with van der Waals surface area (Å²) in [4.78, 5) is 0. The van der Waals surface area contributed by atoms with E-state index in [1.807, 2.05) is 30.3 Å². The number of hydrogen-bond acceptors (Lipinski definition) is 2. The molecule has 130 valence electrons. The van der Waals surface area contributed by atoms with E-state index in [1.54, 1.807) is 0 Å². The first kappa shape index (κ1) is 17.5. The maximum absolute atomic E-state index is 10.5. The van der Waals surface area contributed by atoms with Gasteiger partial charge in [0.15, 0.2) is 0 Å². The minimum absolute atomic E-state index is 0.279. The molecule has 3 rings (SSSR count). The lowest BCUT2D eigenvalue weighted by Crippen LogP contribution is -2.47. The van der Waals surface area contributed by atoms with Crippen LogP contribution >= 0.6 is 0 Å². The van der Waals surface area contributed by atoms with E-state index in [1.165, 1.54) is 11.3 Å². The van der Waals surface area contributed by atoms with Crippen LogP contribution < -0.4 is 9.22 Å². The SMILES string of the molecule is Cc1ccc([N+](C)(C)CC(O)COc2cccc3ccccc23)cc1. The van der Waals surface area contributed by atoms with E-state index >= 15 is 0 Å². The van der Waals surface area contributed by atoms with Gasteiger partial charge < -0.3 is 9.84 Å². The second-order valence-corrected chi connectivity index (χ2v) is 7.15. The predicted molar refractivity (Wildman–Crippen MR) is 105 cm³/mol. The average molecular weight is 336 g/mol. The van der Waals surface area contributed by atoms with E-state index < -0.39 is 6.10 Å². The molecule has 0 radical (unpaired) electrons. The Morgan fingerprint density at radius 2 is 1.60 bits per heavy atom. The molecule has 0 saturated heterocycles. The lowest BCUT2D eigenvalue weighted by Gasteiger charge is -2.31. The smallest absolute Gasteiger partial charge is 0.137 e. The summed E-state index contributed by atoms with van der Waals surface area (Å²) in [5, 5.41) is 12.7. The number of ether oxygens (including phenoxy) is 1. The normalized spacial score (nSPS) is 13.0. The maximum atomic E-state index is 10.5. The Balaban J connectivity index is 1.66. The number of benzene rings is 3. The van der Waals surface area contributed by atoms with Crippen LogP contribution in [0, 0.1) is 6.92 Å². The van der Waals surface area contributed by atoms with Crippen molar-refractivity contribution in [2.75, 3.05) is 27.2 Å². The average Bonchev–Trinajstić information content (AvgIpc) is 2.60. The molecule has 0 heterocycles. The summed E-state index contributed by atoms with van der Waals surface area (Å²) in [5.41, 5.74) is 2.42. The first-order valence-corrected chi connectivity index (χ1v) is 8.64. The van der Waals surface area contributed by atoms with Gasteiger partial charge in [0.2, 0.25) is 0 Å². The van der Waals surface area contributed by atoms with Crippen molar-refractivity contribution in [3.63, 3.8) is 0 Å². The van der Waals surface area contributed by atoms with Gasteiger partial charge in [-0.3, -0.25) is 4.48 Å². The van der Waals surface area contributed by atoms with Crippen LogP contribution in [0.25, 0.3) is 10.8 Å². The molecular weight excluding hydrogens is 310 g/mol. The van der Waals surface area contributed by atoms with Gasteiger partial charge in [-0.2, -0.15) is 0 Å². The van der Waals surface area contributed by atoms with E-state index in [4.69, 9.17) is 4.74 Å². The molecule has 3 heteroatoms. The van der Waals surface area contributed by atoms with Crippen molar-refractivity contribution in [3.8, 4) is 5.75 Å². The van der Waals surface area contributed by atoms with Crippen molar-refractivity contribution in [3.05, 3.63) is 72.3 Å². The molecule has 1 unspecified atom stereocenters. The fraction of sp³-hybridized carbons (Fsp3) is 0.273. The molecule has 0 aromatic heterocycles. The number of likely N-dealkylation sites (N-methyl/N-ethyl adjacent to an activating group) is 1. The quantitative estimate of drug-likeness (QED) is 0.685. The van der Waals surface area contributed by atoms with Crippen molar-refractivity contribution in [1.82, 2.24) is 4.48 Å². The van der Waals surface area contributed by atoms with Crippen molar-refractivity contribution >= 4 is 16.5 Å². The van der Waals surface area contributed by atoms with Gasteiger partial charge >= 0.3 is 0 Å². The van der Waals surface area contributed by atoms with E-state index in [-0.39, 0.29) is 6.61 Å². The van der Waals surface area contributed by atoms with Crippen LogP contribution in [0.4, 0.5) is 5.69 Å². The number of nitrogens with zero attached hydrogens (tertiary/aromatic N) is 1. The Bertz CT molecular complexity index is 835. The Kier molecular flexibility index (Phi) is 5.07. The van der Waals surface area contributed by atoms with Crippen LogP contribution in [0.2, 0.25) is 0 Å². The minimum Gasteiger partial charge on any atom is -0.490 e. The van der Waals surface area contributed by atoms with Crippen LogP contribution in [-0.4, -0.2) is 38.5 Å². The minimum atomic E-state index is -0.546. The number of quaternary nitrogens is 1. The molecule has 3 nitrogen and oxygen atoms in total. The molecule has 0 spiro atoms. The summed E-state index contributed by atoms with van der Waals surface area (Å²) in [6.07, 6.45) is -0.546. The summed E-state index contributed by atoms with van der Waals surface area (Å²) in [6, 6.07) is 22.6. The molecule has 0 bridgehead atoms. The molecule has 0 amide bonds. The van der Waals surface area contributed by atoms with Gasteiger partial charge in [0.25, 0.3) is 0 Å². The van der Waals surface area contributed by atoms with E-state index in [9.17, 15) is 5.11 Å². The third-order valence-corrected chi connectivity index (χ3v) is 4.58. The molecule has 0 fully saturated rings. The number of fused-ring (bicyclic) bond motifs is 1. The van der Waals surface area contributed by atoms with Crippen LogP contribution in [0.15, 0.2) is 66.7 Å². The zero-order valence-corrected chi connectivity index (χ0v) is 15.1. The van der Waals surface area contributed by atoms with Gasteiger partial charge in [-0.15, -0.1) is 0 Å². The largest absolute Gasteiger partial charge is 0.490 e. The van der Waals surface area contributed by atoms with Crippen LogP contribution in [0.1, 0.15) is 5.56 Å². The highest BCUT2D eigenvalue weighted by molar-refractivity contribution is 5.88. The zero-order valence-electron chi connectivity index (χ0n) is 15.1. The van der Waals surface area contributed by atoms with Crippen LogP contribution in [0.3, 0.4) is 0 Å². The maximum Gasteiger partial charge on any atom is 0.137 e. The Hall–Kier alpha value is -2.36. The lowest BCUT2D eigenvalue weighted by molar-refractivity contribution is 0.0847. The second kappa shape index (κ2) is 7.26. The summed E-state index contributed by atoms with van der Waals surface area (Å²) >= 11 is 0. The highest BCUT2D eigenvalue weighted by Gasteiger charge is 2.23. The fourth-order valence-corrected chi connectivity index (χ4v) is 3.14. The van der Waals surface area contributed by atoms with Gasteiger partial charge in [0, 0.05) is 5.39 Å². The molecule has 25 heavy (non-hydrogen) atoms. The molecule has 0 aliphatic rings. The second-order valence-electron chi connectivity index (χ2n) is 7.15. The Morgan fingerprint density at radius 1 is 0.920 bits per heavy atom. The van der Waals surface area contributed by atoms with Gasteiger partial charge in [0.1, 0.15) is 30.7 Å². The highest BCUT2D eigenvalue weighted by atomic mass is 16.5. The summed E-state index contributed by atoms with van der Waals surface area (Å²) in [5.74, 6) is 0.817. The molecule has 0 aliphatic heterocycles. The Morgan fingerprint density at radius 3 is 2.36 bits per heavy atom. The fourth-order valence-electron chi connectivity index (χ4n) is 3.14. The predicted octanol–water partition coefficient (Wildman–Crippen LogP) is 4.16. The molecule has 3 aromatic rings. The zero-order chi connectivity index (χ0) is 17.9. The van der Waals surface area contributed by atoms with Crippen LogP contribution in [-0.2, 0) is 0 Å². The number of aliphatic hydroxyl groups excluding tert-OH is 1. The molecular formula is C22H26NO2+. The van der Waals surface area contributed by atoms with Gasteiger partial charge in [-0.05, 0) is 30.5 Å².